The van der Waals surface area contributed by atoms with Gasteiger partial charge in [-0.3, -0.25) is 0 Å². The molecule has 0 radical (unpaired) electrons. The Morgan fingerprint density at radius 1 is 1.12 bits per heavy atom. The second-order valence-corrected chi connectivity index (χ2v) is 6.31. The van der Waals surface area contributed by atoms with E-state index < -0.39 is 17.3 Å². The normalized spacial score (nSPS) is 17.3. The predicted molar refractivity (Wildman–Crippen MR) is 89.8 cm³/mol. The van der Waals surface area contributed by atoms with Crippen molar-refractivity contribution in [2.45, 2.75) is 25.4 Å². The Kier molecular flexibility index (Phi) is 3.99. The SMILES string of the molecule is CC(C)(C#N)c1ccc(C2=CC=CC3=NN=C(C(F)(F)F)CN23)cc1. The van der Waals surface area contributed by atoms with Gasteiger partial charge in [-0.1, -0.05) is 30.3 Å². The van der Waals surface area contributed by atoms with Gasteiger partial charge in [0.25, 0.3) is 0 Å². The summed E-state index contributed by atoms with van der Waals surface area (Å²) in [6.45, 7) is 3.24. The van der Waals surface area contributed by atoms with E-state index in [4.69, 9.17) is 0 Å². The Bertz CT molecular complexity index is 850. The Morgan fingerprint density at radius 2 is 1.80 bits per heavy atom. The van der Waals surface area contributed by atoms with Gasteiger partial charge in [-0.05, 0) is 37.1 Å². The van der Waals surface area contributed by atoms with Crippen molar-refractivity contribution < 1.29 is 13.2 Å². The van der Waals surface area contributed by atoms with Crippen LogP contribution in [0.15, 0.2) is 52.7 Å². The molecule has 0 amide bonds. The Balaban J connectivity index is 1.93. The van der Waals surface area contributed by atoms with E-state index in [0.717, 1.165) is 11.1 Å². The maximum Gasteiger partial charge on any atom is 0.433 e. The van der Waals surface area contributed by atoms with Gasteiger partial charge in [0.15, 0.2) is 11.5 Å². The van der Waals surface area contributed by atoms with Crippen LogP contribution in [-0.4, -0.2) is 29.2 Å². The molecule has 1 aromatic carbocycles. The third kappa shape index (κ3) is 3.20. The second kappa shape index (κ2) is 5.88. The van der Waals surface area contributed by atoms with Crippen LogP contribution in [0.25, 0.3) is 5.70 Å². The summed E-state index contributed by atoms with van der Waals surface area (Å²) in [4.78, 5) is 1.49. The van der Waals surface area contributed by atoms with Crippen LogP contribution in [-0.2, 0) is 5.41 Å². The Labute approximate surface area is 143 Å². The topological polar surface area (TPSA) is 51.8 Å². The fraction of sp³-hybridized carbons (Fsp3) is 0.278. The van der Waals surface area contributed by atoms with E-state index in [2.05, 4.69) is 16.3 Å². The number of alkyl halides is 3. The fourth-order valence-electron chi connectivity index (χ4n) is 2.60. The number of hydrogen-bond donors (Lipinski definition) is 0. The first-order valence-electron chi connectivity index (χ1n) is 7.62. The molecule has 0 bridgehead atoms. The quantitative estimate of drug-likeness (QED) is 0.813. The van der Waals surface area contributed by atoms with Gasteiger partial charge in [-0.15, -0.1) is 10.2 Å². The molecule has 2 heterocycles. The number of fused-ring (bicyclic) bond motifs is 1. The van der Waals surface area contributed by atoms with E-state index in [0.29, 0.717) is 11.5 Å². The van der Waals surface area contributed by atoms with Crippen LogP contribution >= 0.6 is 0 Å². The van der Waals surface area contributed by atoms with Gasteiger partial charge < -0.3 is 4.90 Å². The summed E-state index contributed by atoms with van der Waals surface area (Å²) in [7, 11) is 0. The van der Waals surface area contributed by atoms with Crippen LogP contribution in [0.5, 0.6) is 0 Å². The predicted octanol–water partition coefficient (Wildman–Crippen LogP) is 4.03. The average molecular weight is 344 g/mol. The summed E-state index contributed by atoms with van der Waals surface area (Å²) in [5.74, 6) is 0.368. The van der Waals surface area contributed by atoms with Gasteiger partial charge in [-0.25, -0.2) is 0 Å². The number of halogens is 3. The molecule has 0 saturated carbocycles. The highest BCUT2D eigenvalue weighted by atomic mass is 19.4. The molecule has 0 N–H and O–H groups in total. The third-order valence-electron chi connectivity index (χ3n) is 4.16. The monoisotopic (exact) mass is 344 g/mol. The van der Waals surface area contributed by atoms with Crippen molar-refractivity contribution in [2.75, 3.05) is 6.54 Å². The molecule has 0 saturated heterocycles. The van der Waals surface area contributed by atoms with Crippen molar-refractivity contribution >= 4 is 17.2 Å². The Morgan fingerprint density at radius 3 is 2.40 bits per heavy atom. The molecule has 0 spiro atoms. The number of benzene rings is 1. The lowest BCUT2D eigenvalue weighted by molar-refractivity contribution is -0.0609. The fourth-order valence-corrected chi connectivity index (χ4v) is 2.60. The number of allylic oxidation sites excluding steroid dienone is 2. The standard InChI is InChI=1S/C18H15F3N4/c1-17(2,11-22)13-8-6-12(7-9-13)14-4-3-5-16-24-23-15(10-25(14)16)18(19,20)21/h3-9H,10H2,1-2H3. The van der Waals surface area contributed by atoms with Crippen molar-refractivity contribution in [3.63, 3.8) is 0 Å². The minimum Gasteiger partial charge on any atom is -0.318 e. The highest BCUT2D eigenvalue weighted by Gasteiger charge is 2.40. The molecule has 3 rings (SSSR count). The van der Waals surface area contributed by atoms with Gasteiger partial charge in [0.2, 0.25) is 0 Å². The molecule has 0 unspecified atom stereocenters. The minimum absolute atomic E-state index is 0.368. The summed E-state index contributed by atoms with van der Waals surface area (Å²) in [5, 5.41) is 16.2. The molecule has 1 aromatic rings. The van der Waals surface area contributed by atoms with Crippen molar-refractivity contribution in [3.05, 3.63) is 53.6 Å². The summed E-state index contributed by atoms with van der Waals surface area (Å²) in [6, 6.07) is 9.46. The summed E-state index contributed by atoms with van der Waals surface area (Å²) >= 11 is 0. The molecule has 0 aromatic heterocycles. The van der Waals surface area contributed by atoms with E-state index in [1.165, 1.54) is 4.90 Å². The number of nitrogens with zero attached hydrogens (tertiary/aromatic N) is 4. The van der Waals surface area contributed by atoms with Crippen LogP contribution < -0.4 is 0 Å². The molecule has 0 fully saturated rings. The van der Waals surface area contributed by atoms with Gasteiger partial charge in [0, 0.05) is 0 Å². The zero-order valence-corrected chi connectivity index (χ0v) is 13.7. The first kappa shape index (κ1) is 17.0. The molecule has 25 heavy (non-hydrogen) atoms. The van der Waals surface area contributed by atoms with Gasteiger partial charge in [-0.2, -0.15) is 18.4 Å². The molecule has 0 atom stereocenters. The van der Waals surface area contributed by atoms with Crippen molar-refractivity contribution in [1.29, 1.82) is 5.26 Å². The van der Waals surface area contributed by atoms with E-state index >= 15 is 0 Å². The molecule has 2 aliphatic rings. The summed E-state index contributed by atoms with van der Waals surface area (Å²) in [5.41, 5.74) is 0.639. The average Bonchev–Trinajstić information content (AvgIpc) is 2.60. The molecule has 4 nitrogen and oxygen atoms in total. The lowest BCUT2D eigenvalue weighted by Crippen LogP contribution is -2.42. The molecule has 0 aliphatic carbocycles. The lowest BCUT2D eigenvalue weighted by Gasteiger charge is -2.32. The zero-order valence-electron chi connectivity index (χ0n) is 13.7. The summed E-state index contributed by atoms with van der Waals surface area (Å²) in [6.07, 6.45) is 0.573. The number of amidine groups is 1. The molecule has 2 aliphatic heterocycles. The smallest absolute Gasteiger partial charge is 0.318 e. The maximum absolute atomic E-state index is 13.0. The van der Waals surface area contributed by atoms with Gasteiger partial charge >= 0.3 is 6.18 Å². The first-order valence-corrected chi connectivity index (χ1v) is 7.62. The molecule has 7 heteroatoms. The van der Waals surface area contributed by atoms with Crippen LogP contribution in [0.4, 0.5) is 13.2 Å². The number of rotatable bonds is 2. The third-order valence-corrected chi connectivity index (χ3v) is 4.16. The van der Waals surface area contributed by atoms with E-state index in [1.807, 2.05) is 26.0 Å². The minimum atomic E-state index is -4.51. The van der Waals surface area contributed by atoms with Crippen molar-refractivity contribution in [1.82, 2.24) is 4.90 Å². The number of hydrogen-bond acceptors (Lipinski definition) is 4. The Hall–Kier alpha value is -2.88. The van der Waals surface area contributed by atoms with Gasteiger partial charge in [0.05, 0.1) is 23.7 Å². The van der Waals surface area contributed by atoms with Crippen LogP contribution in [0.2, 0.25) is 0 Å². The summed E-state index contributed by atoms with van der Waals surface area (Å²) < 4.78 is 38.9. The molecule has 128 valence electrons. The first-order chi connectivity index (χ1) is 11.7. The van der Waals surface area contributed by atoms with Crippen molar-refractivity contribution in [2.24, 2.45) is 10.2 Å². The van der Waals surface area contributed by atoms with Crippen LogP contribution in [0, 0.1) is 11.3 Å². The van der Waals surface area contributed by atoms with Crippen molar-refractivity contribution in [3.8, 4) is 6.07 Å². The maximum atomic E-state index is 13.0. The second-order valence-electron chi connectivity index (χ2n) is 6.31. The lowest BCUT2D eigenvalue weighted by atomic mass is 9.86. The van der Waals surface area contributed by atoms with Gasteiger partial charge in [0.1, 0.15) is 0 Å². The zero-order chi connectivity index (χ0) is 18.2. The van der Waals surface area contributed by atoms with Crippen LogP contribution in [0.1, 0.15) is 25.0 Å². The van der Waals surface area contributed by atoms with E-state index in [-0.39, 0.29) is 6.54 Å². The highest BCUT2D eigenvalue weighted by Crippen LogP contribution is 2.30. The molecular weight excluding hydrogens is 329 g/mol. The molecular formula is C18H15F3N4. The van der Waals surface area contributed by atoms with E-state index in [1.54, 1.807) is 30.4 Å². The highest BCUT2D eigenvalue weighted by molar-refractivity contribution is 6.07. The largest absolute Gasteiger partial charge is 0.433 e. The number of nitriles is 1. The van der Waals surface area contributed by atoms with Crippen LogP contribution in [0.3, 0.4) is 0 Å². The van der Waals surface area contributed by atoms with E-state index in [9.17, 15) is 18.4 Å².